The molecule has 0 fully saturated rings. The number of hydrogen-bond donors (Lipinski definition) is 2. The van der Waals surface area contributed by atoms with Gasteiger partial charge in [-0.1, -0.05) is 24.3 Å². The largest absolute Gasteiger partial charge is 0.453 e. The smallest absolute Gasteiger partial charge is 0.221 e. The van der Waals surface area contributed by atoms with Crippen LogP contribution in [0.15, 0.2) is 42.5 Å². The van der Waals surface area contributed by atoms with Crippen LogP contribution in [0, 0.1) is 6.92 Å². The van der Waals surface area contributed by atoms with Crippen LogP contribution in [0.3, 0.4) is 0 Å². The molecule has 0 unspecified atom stereocenters. The van der Waals surface area contributed by atoms with E-state index in [4.69, 9.17) is 10.5 Å². The number of nitrogens with one attached hydrogen (secondary N) is 1. The van der Waals surface area contributed by atoms with Gasteiger partial charge in [0.15, 0.2) is 11.5 Å². The normalized spacial score (nSPS) is 10.0. The Bertz CT molecular complexity index is 589. The average Bonchev–Trinajstić information content (AvgIpc) is 2.35. The number of aryl methyl sites for hydroxylation is 1. The number of para-hydroxylation sites is 3. The Morgan fingerprint density at radius 3 is 2.58 bits per heavy atom. The number of carbonyl (C=O) groups excluding carboxylic acids is 1. The Kier molecular flexibility index (Phi) is 3.71. The Morgan fingerprint density at radius 2 is 1.89 bits per heavy atom. The van der Waals surface area contributed by atoms with Gasteiger partial charge in [0.1, 0.15) is 0 Å². The molecule has 0 saturated heterocycles. The van der Waals surface area contributed by atoms with Crippen LogP contribution in [0.1, 0.15) is 12.5 Å². The van der Waals surface area contributed by atoms with Crippen LogP contribution in [0.5, 0.6) is 11.5 Å². The van der Waals surface area contributed by atoms with Gasteiger partial charge < -0.3 is 15.8 Å². The standard InChI is InChI=1S/C15H16N2O2/c1-10-6-5-7-12(16)15(10)19-14-9-4-3-8-13(14)17-11(2)18/h3-9H,16H2,1-2H3,(H,17,18). The van der Waals surface area contributed by atoms with Gasteiger partial charge >= 0.3 is 0 Å². The number of amides is 1. The van der Waals surface area contributed by atoms with Gasteiger partial charge in [0.05, 0.1) is 11.4 Å². The number of hydrogen-bond acceptors (Lipinski definition) is 3. The highest BCUT2D eigenvalue weighted by Crippen LogP contribution is 2.34. The van der Waals surface area contributed by atoms with Gasteiger partial charge in [-0.2, -0.15) is 0 Å². The van der Waals surface area contributed by atoms with Gasteiger partial charge in [0, 0.05) is 6.92 Å². The molecule has 4 heteroatoms. The fourth-order valence-electron chi connectivity index (χ4n) is 1.77. The summed E-state index contributed by atoms with van der Waals surface area (Å²) in [5.41, 5.74) is 8.04. The molecule has 0 radical (unpaired) electrons. The predicted octanol–water partition coefficient (Wildman–Crippen LogP) is 3.33. The van der Waals surface area contributed by atoms with Crippen LogP contribution in [0.4, 0.5) is 11.4 Å². The van der Waals surface area contributed by atoms with E-state index in [2.05, 4.69) is 5.32 Å². The van der Waals surface area contributed by atoms with Crippen molar-refractivity contribution < 1.29 is 9.53 Å². The summed E-state index contributed by atoms with van der Waals surface area (Å²) >= 11 is 0. The van der Waals surface area contributed by atoms with E-state index in [9.17, 15) is 4.79 Å². The summed E-state index contributed by atoms with van der Waals surface area (Å²) < 4.78 is 5.83. The number of nitrogens with two attached hydrogens (primary N) is 1. The molecule has 2 aromatic rings. The van der Waals surface area contributed by atoms with Gasteiger partial charge in [-0.05, 0) is 30.7 Å². The fraction of sp³-hybridized carbons (Fsp3) is 0.133. The summed E-state index contributed by atoms with van der Waals surface area (Å²) in [5, 5.41) is 2.73. The molecule has 2 rings (SSSR count). The van der Waals surface area contributed by atoms with E-state index in [1.165, 1.54) is 6.92 Å². The third kappa shape index (κ3) is 3.04. The van der Waals surface area contributed by atoms with Crippen molar-refractivity contribution in [3.05, 3.63) is 48.0 Å². The SMILES string of the molecule is CC(=O)Nc1ccccc1Oc1c(C)cccc1N. The first-order valence-electron chi connectivity index (χ1n) is 5.97. The maximum absolute atomic E-state index is 11.2. The minimum Gasteiger partial charge on any atom is -0.453 e. The molecule has 19 heavy (non-hydrogen) atoms. The summed E-state index contributed by atoms with van der Waals surface area (Å²) in [4.78, 5) is 11.2. The number of rotatable bonds is 3. The minimum absolute atomic E-state index is 0.145. The second kappa shape index (κ2) is 5.44. The van der Waals surface area contributed by atoms with Crippen LogP contribution in [-0.2, 0) is 4.79 Å². The number of carbonyl (C=O) groups is 1. The molecular formula is C15H16N2O2. The van der Waals surface area contributed by atoms with Crippen LogP contribution < -0.4 is 15.8 Å². The molecule has 0 saturated carbocycles. The highest BCUT2D eigenvalue weighted by Gasteiger charge is 2.09. The molecule has 0 heterocycles. The van der Waals surface area contributed by atoms with Crippen molar-refractivity contribution in [3.63, 3.8) is 0 Å². The third-order valence-electron chi connectivity index (χ3n) is 2.65. The topological polar surface area (TPSA) is 64.3 Å². The van der Waals surface area contributed by atoms with Gasteiger partial charge in [-0.3, -0.25) is 4.79 Å². The van der Waals surface area contributed by atoms with Crippen molar-refractivity contribution >= 4 is 17.3 Å². The van der Waals surface area contributed by atoms with E-state index in [0.29, 0.717) is 22.9 Å². The second-order valence-electron chi connectivity index (χ2n) is 4.27. The summed E-state index contributed by atoms with van der Waals surface area (Å²) in [6.07, 6.45) is 0. The lowest BCUT2D eigenvalue weighted by Crippen LogP contribution is -2.07. The van der Waals surface area contributed by atoms with Crippen LogP contribution in [-0.4, -0.2) is 5.91 Å². The molecule has 4 nitrogen and oxygen atoms in total. The number of ether oxygens (including phenoxy) is 1. The molecule has 0 aliphatic rings. The monoisotopic (exact) mass is 256 g/mol. The van der Waals surface area contributed by atoms with E-state index in [1.807, 2.05) is 31.2 Å². The molecular weight excluding hydrogens is 240 g/mol. The molecule has 2 aromatic carbocycles. The zero-order valence-electron chi connectivity index (χ0n) is 10.9. The lowest BCUT2D eigenvalue weighted by atomic mass is 10.2. The Hall–Kier alpha value is -2.49. The van der Waals surface area contributed by atoms with Crippen LogP contribution >= 0.6 is 0 Å². The molecule has 0 aliphatic heterocycles. The van der Waals surface area contributed by atoms with Crippen LogP contribution in [0.25, 0.3) is 0 Å². The fourth-order valence-corrected chi connectivity index (χ4v) is 1.77. The van der Waals surface area contributed by atoms with Gasteiger partial charge in [-0.15, -0.1) is 0 Å². The highest BCUT2D eigenvalue weighted by atomic mass is 16.5. The summed E-state index contributed by atoms with van der Waals surface area (Å²) in [6, 6.07) is 12.8. The summed E-state index contributed by atoms with van der Waals surface area (Å²) in [6.45, 7) is 3.38. The molecule has 0 aliphatic carbocycles. The third-order valence-corrected chi connectivity index (χ3v) is 2.65. The van der Waals surface area contributed by atoms with Gasteiger partial charge in [0.25, 0.3) is 0 Å². The summed E-state index contributed by atoms with van der Waals surface area (Å²) in [5.74, 6) is 1.04. The number of nitrogen functional groups attached to an aromatic ring is 1. The van der Waals surface area contributed by atoms with Crippen LogP contribution in [0.2, 0.25) is 0 Å². The van der Waals surface area contributed by atoms with E-state index < -0.39 is 0 Å². The molecule has 0 bridgehead atoms. The first-order chi connectivity index (χ1) is 9.08. The first kappa shape index (κ1) is 13.0. The molecule has 0 spiro atoms. The zero-order chi connectivity index (χ0) is 13.8. The number of benzene rings is 2. The van der Waals surface area contributed by atoms with Crippen molar-refractivity contribution in [2.45, 2.75) is 13.8 Å². The molecule has 1 amide bonds. The average molecular weight is 256 g/mol. The van der Waals surface area contributed by atoms with E-state index in [1.54, 1.807) is 18.2 Å². The Labute approximate surface area is 112 Å². The lowest BCUT2D eigenvalue weighted by molar-refractivity contribution is -0.114. The minimum atomic E-state index is -0.145. The lowest BCUT2D eigenvalue weighted by Gasteiger charge is -2.14. The molecule has 0 aromatic heterocycles. The van der Waals surface area contributed by atoms with Crippen molar-refractivity contribution in [1.82, 2.24) is 0 Å². The Morgan fingerprint density at radius 1 is 1.16 bits per heavy atom. The first-order valence-corrected chi connectivity index (χ1v) is 5.97. The van der Waals surface area contributed by atoms with Gasteiger partial charge in [-0.25, -0.2) is 0 Å². The zero-order valence-corrected chi connectivity index (χ0v) is 10.9. The van der Waals surface area contributed by atoms with Crippen molar-refractivity contribution in [1.29, 1.82) is 0 Å². The molecule has 98 valence electrons. The second-order valence-corrected chi connectivity index (χ2v) is 4.27. The predicted molar refractivity (Wildman–Crippen MR) is 76.4 cm³/mol. The molecule has 0 atom stereocenters. The maximum atomic E-state index is 11.2. The van der Waals surface area contributed by atoms with E-state index in [0.717, 1.165) is 5.56 Å². The highest BCUT2D eigenvalue weighted by molar-refractivity contribution is 5.90. The Balaban J connectivity index is 2.36. The molecule has 3 N–H and O–H groups in total. The summed E-state index contributed by atoms with van der Waals surface area (Å²) in [7, 11) is 0. The van der Waals surface area contributed by atoms with Crippen molar-refractivity contribution in [3.8, 4) is 11.5 Å². The van der Waals surface area contributed by atoms with E-state index >= 15 is 0 Å². The number of anilines is 2. The maximum Gasteiger partial charge on any atom is 0.221 e. The van der Waals surface area contributed by atoms with E-state index in [-0.39, 0.29) is 5.91 Å². The van der Waals surface area contributed by atoms with Gasteiger partial charge in [0.2, 0.25) is 5.91 Å². The van der Waals surface area contributed by atoms with Crippen molar-refractivity contribution in [2.24, 2.45) is 0 Å². The quantitative estimate of drug-likeness (QED) is 0.828. The van der Waals surface area contributed by atoms with Crippen molar-refractivity contribution in [2.75, 3.05) is 11.1 Å².